The number of fused-ring (bicyclic) bond motifs is 1. The van der Waals surface area contributed by atoms with Crippen molar-refractivity contribution in [3.8, 4) is 5.75 Å². The van der Waals surface area contributed by atoms with E-state index < -0.39 is 5.97 Å². The number of hydrogen-bond acceptors (Lipinski definition) is 5. The predicted octanol–water partition coefficient (Wildman–Crippen LogP) is 3.33. The smallest absolute Gasteiger partial charge is 0.308 e. The number of rotatable bonds is 5. The van der Waals surface area contributed by atoms with E-state index in [1.54, 1.807) is 24.3 Å². The Morgan fingerprint density at radius 2 is 1.89 bits per heavy atom. The molecule has 1 saturated carbocycles. The van der Waals surface area contributed by atoms with Gasteiger partial charge in [0, 0.05) is 12.8 Å². The number of anilines is 1. The van der Waals surface area contributed by atoms with Gasteiger partial charge in [0.2, 0.25) is 11.8 Å². The first kappa shape index (κ1) is 19.1. The molecule has 6 nitrogen and oxygen atoms in total. The Labute approximate surface area is 165 Å². The lowest BCUT2D eigenvalue weighted by molar-refractivity contribution is -0.132. The summed E-state index contributed by atoms with van der Waals surface area (Å²) in [6.07, 6.45) is 4.82. The van der Waals surface area contributed by atoms with Crippen LogP contribution < -0.4 is 9.64 Å². The van der Waals surface area contributed by atoms with Crippen molar-refractivity contribution in [3.05, 3.63) is 24.3 Å². The summed E-state index contributed by atoms with van der Waals surface area (Å²) in [5, 5.41) is 0. The summed E-state index contributed by atoms with van der Waals surface area (Å²) < 4.78 is 10.7. The molecule has 3 fully saturated rings. The minimum absolute atomic E-state index is 0.108. The van der Waals surface area contributed by atoms with Gasteiger partial charge in [0.15, 0.2) is 0 Å². The lowest BCUT2D eigenvalue weighted by atomic mass is 9.70. The van der Waals surface area contributed by atoms with Gasteiger partial charge in [-0.1, -0.05) is 20.3 Å². The Hall–Kier alpha value is -2.21. The number of imide groups is 1. The Morgan fingerprint density at radius 1 is 1.18 bits per heavy atom. The van der Waals surface area contributed by atoms with Crippen LogP contribution in [0.25, 0.3) is 0 Å². The second-order valence-corrected chi connectivity index (χ2v) is 8.27. The van der Waals surface area contributed by atoms with E-state index in [-0.39, 0.29) is 29.6 Å². The maximum absolute atomic E-state index is 13.3. The molecule has 28 heavy (non-hydrogen) atoms. The molecular formula is C22H27NO5. The number of esters is 1. The second kappa shape index (κ2) is 7.32. The average Bonchev–Trinajstić information content (AvgIpc) is 3.40. The van der Waals surface area contributed by atoms with E-state index in [9.17, 15) is 14.4 Å². The highest BCUT2D eigenvalue weighted by atomic mass is 16.6. The molecule has 2 amide bonds. The third-order valence-corrected chi connectivity index (χ3v) is 6.59. The molecule has 2 aliphatic heterocycles. The molecule has 1 aliphatic carbocycles. The van der Waals surface area contributed by atoms with Crippen LogP contribution in [0.5, 0.6) is 5.75 Å². The molecule has 2 heterocycles. The first-order valence-corrected chi connectivity index (χ1v) is 10.2. The van der Waals surface area contributed by atoms with Crippen molar-refractivity contribution in [3.63, 3.8) is 0 Å². The van der Waals surface area contributed by atoms with E-state index in [1.165, 1.54) is 11.8 Å². The normalized spacial score (nSPS) is 32.8. The molecule has 2 saturated heterocycles. The monoisotopic (exact) mass is 385 g/mol. The van der Waals surface area contributed by atoms with E-state index in [0.717, 1.165) is 25.7 Å². The first-order chi connectivity index (χ1) is 13.4. The number of carbonyl (C=O) groups is 3. The molecular weight excluding hydrogens is 358 g/mol. The van der Waals surface area contributed by atoms with Crippen LogP contribution >= 0.6 is 0 Å². The summed E-state index contributed by atoms with van der Waals surface area (Å²) in [5.41, 5.74) is 0.532. The average molecular weight is 385 g/mol. The van der Waals surface area contributed by atoms with E-state index in [1.807, 2.05) is 6.92 Å². The Bertz CT molecular complexity index is 789. The Balaban J connectivity index is 1.54. The van der Waals surface area contributed by atoms with Crippen molar-refractivity contribution in [2.45, 2.75) is 58.7 Å². The molecule has 0 N–H and O–H groups in total. The lowest BCUT2D eigenvalue weighted by Crippen LogP contribution is -2.35. The molecule has 3 aliphatic rings. The first-order valence-electron chi connectivity index (χ1n) is 10.2. The zero-order valence-electron chi connectivity index (χ0n) is 16.6. The molecule has 1 aromatic rings. The van der Waals surface area contributed by atoms with Crippen LogP contribution in [0.1, 0.15) is 46.5 Å². The zero-order valence-corrected chi connectivity index (χ0v) is 16.6. The number of ether oxygens (including phenoxy) is 2. The van der Waals surface area contributed by atoms with E-state index in [4.69, 9.17) is 9.47 Å². The number of amides is 2. The summed E-state index contributed by atoms with van der Waals surface area (Å²) in [4.78, 5) is 38.7. The Morgan fingerprint density at radius 3 is 2.50 bits per heavy atom. The van der Waals surface area contributed by atoms with Crippen molar-refractivity contribution in [1.29, 1.82) is 0 Å². The van der Waals surface area contributed by atoms with Crippen molar-refractivity contribution in [2.75, 3.05) is 4.90 Å². The molecule has 0 bridgehead atoms. The predicted molar refractivity (Wildman–Crippen MR) is 103 cm³/mol. The van der Waals surface area contributed by atoms with Gasteiger partial charge in [-0.2, -0.15) is 0 Å². The largest absolute Gasteiger partial charge is 0.427 e. The van der Waals surface area contributed by atoms with Gasteiger partial charge >= 0.3 is 5.97 Å². The van der Waals surface area contributed by atoms with Gasteiger partial charge in [-0.15, -0.1) is 0 Å². The number of epoxide rings is 1. The summed E-state index contributed by atoms with van der Waals surface area (Å²) in [7, 11) is 0. The van der Waals surface area contributed by atoms with Crippen LogP contribution in [-0.4, -0.2) is 30.0 Å². The van der Waals surface area contributed by atoms with Crippen molar-refractivity contribution in [1.82, 2.24) is 0 Å². The fraction of sp³-hybridized carbons (Fsp3) is 0.591. The van der Waals surface area contributed by atoms with Gasteiger partial charge in [-0.3, -0.25) is 19.3 Å². The van der Waals surface area contributed by atoms with Crippen molar-refractivity contribution >= 4 is 23.5 Å². The van der Waals surface area contributed by atoms with Gasteiger partial charge in [0.05, 0.1) is 23.8 Å². The molecule has 4 rings (SSSR count). The standard InChI is InChI=1S/C22H27NO5/c1-4-17(14-5-10-18-19(11-14)28-18)20-12(2)21(25)23(22(20)26)15-6-8-16(9-7-15)27-13(3)24/h6-9,12,14,17-20H,4-5,10-11H2,1-3H3. The fourth-order valence-electron chi connectivity index (χ4n) is 5.17. The van der Waals surface area contributed by atoms with E-state index in [0.29, 0.717) is 29.6 Å². The maximum atomic E-state index is 13.3. The van der Waals surface area contributed by atoms with Crippen molar-refractivity contribution < 1.29 is 23.9 Å². The highest BCUT2D eigenvalue weighted by molar-refractivity contribution is 6.22. The molecule has 1 aromatic carbocycles. The summed E-state index contributed by atoms with van der Waals surface area (Å²) in [6.45, 7) is 5.32. The molecule has 0 radical (unpaired) electrons. The maximum Gasteiger partial charge on any atom is 0.308 e. The van der Waals surface area contributed by atoms with E-state index in [2.05, 4.69) is 6.92 Å². The number of carbonyl (C=O) groups excluding carboxylic acids is 3. The molecule has 6 heteroatoms. The minimum Gasteiger partial charge on any atom is -0.427 e. The fourth-order valence-corrected chi connectivity index (χ4v) is 5.17. The number of benzene rings is 1. The van der Waals surface area contributed by atoms with Gasteiger partial charge in [-0.05, 0) is 55.4 Å². The molecule has 0 spiro atoms. The number of nitrogens with zero attached hydrogens (tertiary/aromatic N) is 1. The molecule has 150 valence electrons. The van der Waals surface area contributed by atoms with Crippen LogP contribution in [0.4, 0.5) is 5.69 Å². The molecule has 6 unspecified atom stereocenters. The summed E-state index contributed by atoms with van der Waals surface area (Å²) >= 11 is 0. The second-order valence-electron chi connectivity index (χ2n) is 8.27. The summed E-state index contributed by atoms with van der Waals surface area (Å²) in [5.74, 6) is -0.253. The summed E-state index contributed by atoms with van der Waals surface area (Å²) in [6, 6.07) is 6.54. The molecule has 6 atom stereocenters. The van der Waals surface area contributed by atoms with Crippen molar-refractivity contribution in [2.24, 2.45) is 23.7 Å². The van der Waals surface area contributed by atoms with Crippen LogP contribution in [0.3, 0.4) is 0 Å². The third kappa shape index (κ3) is 3.34. The van der Waals surface area contributed by atoms with Crippen LogP contribution in [0, 0.1) is 23.7 Å². The topological polar surface area (TPSA) is 76.2 Å². The quantitative estimate of drug-likeness (QED) is 0.336. The number of hydrogen-bond donors (Lipinski definition) is 0. The highest BCUT2D eigenvalue weighted by Crippen LogP contribution is 2.48. The van der Waals surface area contributed by atoms with Gasteiger partial charge < -0.3 is 9.47 Å². The van der Waals surface area contributed by atoms with Gasteiger partial charge in [0.25, 0.3) is 0 Å². The SMILES string of the molecule is CCC(C1CCC2OC2C1)C1C(=O)N(c2ccc(OC(C)=O)cc2)C(=O)C1C. The van der Waals surface area contributed by atoms with Crippen LogP contribution in [0.15, 0.2) is 24.3 Å². The molecule has 0 aromatic heterocycles. The Kier molecular flexibility index (Phi) is 5.00. The van der Waals surface area contributed by atoms with Gasteiger partial charge in [-0.25, -0.2) is 0 Å². The van der Waals surface area contributed by atoms with E-state index >= 15 is 0 Å². The third-order valence-electron chi connectivity index (χ3n) is 6.59. The zero-order chi connectivity index (χ0) is 20.0. The minimum atomic E-state index is -0.407. The van der Waals surface area contributed by atoms with Crippen LogP contribution in [0.2, 0.25) is 0 Å². The van der Waals surface area contributed by atoms with Crippen LogP contribution in [-0.2, 0) is 19.1 Å². The highest BCUT2D eigenvalue weighted by Gasteiger charge is 2.53. The lowest BCUT2D eigenvalue weighted by Gasteiger charge is -2.32. The van der Waals surface area contributed by atoms with Gasteiger partial charge in [0.1, 0.15) is 5.75 Å².